The maximum Gasteiger partial charge on any atom is 0.262 e. The van der Waals surface area contributed by atoms with Crippen molar-refractivity contribution in [1.82, 2.24) is 4.90 Å². The van der Waals surface area contributed by atoms with Crippen LogP contribution in [0.25, 0.3) is 11.1 Å². The van der Waals surface area contributed by atoms with Crippen molar-refractivity contribution in [2.75, 3.05) is 13.2 Å². The van der Waals surface area contributed by atoms with Gasteiger partial charge >= 0.3 is 0 Å². The van der Waals surface area contributed by atoms with Crippen molar-refractivity contribution >= 4 is 45.6 Å². The van der Waals surface area contributed by atoms with Crippen molar-refractivity contribution < 1.29 is 14.7 Å². The highest BCUT2D eigenvalue weighted by Crippen LogP contribution is 2.41. The fourth-order valence-corrected chi connectivity index (χ4v) is 5.63. The molecule has 2 amide bonds. The highest BCUT2D eigenvalue weighted by atomic mass is 32.1. The lowest BCUT2D eigenvalue weighted by atomic mass is 9.97. The number of aliphatic hydroxyl groups excluding tert-OH is 1. The average Bonchev–Trinajstić information content (AvgIpc) is 3.21. The number of thiophene rings is 2. The van der Waals surface area contributed by atoms with E-state index in [4.69, 9.17) is 5.11 Å². The molecule has 3 rings (SSSR count). The van der Waals surface area contributed by atoms with Crippen LogP contribution in [0.5, 0.6) is 0 Å². The van der Waals surface area contributed by atoms with E-state index in [1.54, 1.807) is 22.7 Å². The summed E-state index contributed by atoms with van der Waals surface area (Å²) in [5.74, 6) is -0.349. The van der Waals surface area contributed by atoms with E-state index in [0.29, 0.717) is 17.7 Å². The van der Waals surface area contributed by atoms with Crippen LogP contribution in [0, 0.1) is 27.7 Å². The summed E-state index contributed by atoms with van der Waals surface area (Å²) in [5.41, 5.74) is 2.90. The Morgan fingerprint density at radius 3 is 1.64 bits per heavy atom. The predicted octanol–water partition coefficient (Wildman–Crippen LogP) is 4.88. The summed E-state index contributed by atoms with van der Waals surface area (Å²) in [6.07, 6.45) is 3.33. The van der Waals surface area contributed by atoms with Gasteiger partial charge in [-0.05, 0) is 52.7 Å². The van der Waals surface area contributed by atoms with E-state index in [0.717, 1.165) is 56.3 Å². The molecule has 1 aliphatic rings. The third-order valence-corrected chi connectivity index (χ3v) is 7.01. The first kappa shape index (κ1) is 21.0. The number of unbranched alkanes of at least 4 members (excludes halogenated alkanes) is 3. The van der Waals surface area contributed by atoms with Crippen LogP contribution in [0.15, 0.2) is 12.1 Å². The SMILES string of the molecule is Cc1cc(C2=C(c3cc(C)sc3C)C(=O)N(CCCCCCO)C2=O)c(C)s1. The molecule has 0 unspecified atom stereocenters. The van der Waals surface area contributed by atoms with E-state index >= 15 is 0 Å². The standard InChI is InChI=1S/C22H27NO3S2/c1-13-11-17(15(3)27-13)19-20(18-12-14(2)28-16(18)4)22(26)23(21(19)25)9-7-5-6-8-10-24/h11-12,24H,5-10H2,1-4H3. The third-order valence-electron chi connectivity index (χ3n) is 5.08. The normalized spacial score (nSPS) is 14.7. The Balaban J connectivity index is 1.99. The van der Waals surface area contributed by atoms with Gasteiger partial charge in [-0.25, -0.2) is 0 Å². The highest BCUT2D eigenvalue weighted by molar-refractivity contribution is 7.12. The summed E-state index contributed by atoms with van der Waals surface area (Å²) in [6.45, 7) is 8.70. The molecule has 28 heavy (non-hydrogen) atoms. The molecule has 2 aromatic rings. The molecule has 0 saturated heterocycles. The van der Waals surface area contributed by atoms with Crippen molar-refractivity contribution in [3.63, 3.8) is 0 Å². The molecular formula is C22H27NO3S2. The number of aryl methyl sites for hydroxylation is 4. The lowest BCUT2D eigenvalue weighted by molar-refractivity contribution is -0.136. The molecule has 4 nitrogen and oxygen atoms in total. The van der Waals surface area contributed by atoms with Gasteiger partial charge in [0.15, 0.2) is 0 Å². The molecule has 0 saturated carbocycles. The van der Waals surface area contributed by atoms with E-state index in [1.807, 2.05) is 39.8 Å². The van der Waals surface area contributed by atoms with Gasteiger partial charge in [0.1, 0.15) is 0 Å². The number of amides is 2. The number of carbonyl (C=O) groups is 2. The minimum atomic E-state index is -0.175. The number of rotatable bonds is 8. The van der Waals surface area contributed by atoms with Crippen LogP contribution in [-0.2, 0) is 9.59 Å². The zero-order valence-corrected chi connectivity index (χ0v) is 18.6. The molecule has 0 radical (unpaired) electrons. The summed E-state index contributed by atoms with van der Waals surface area (Å²) in [4.78, 5) is 32.5. The van der Waals surface area contributed by atoms with Crippen molar-refractivity contribution in [2.45, 2.75) is 53.4 Å². The average molecular weight is 418 g/mol. The van der Waals surface area contributed by atoms with Crippen LogP contribution < -0.4 is 0 Å². The Morgan fingerprint density at radius 1 is 0.786 bits per heavy atom. The lowest BCUT2D eigenvalue weighted by Gasteiger charge is -2.15. The fraction of sp³-hybridized carbons (Fsp3) is 0.455. The van der Waals surface area contributed by atoms with Gasteiger partial charge in [0.25, 0.3) is 11.8 Å². The Kier molecular flexibility index (Phi) is 6.53. The minimum absolute atomic E-state index is 0.175. The largest absolute Gasteiger partial charge is 0.396 e. The zero-order chi connectivity index (χ0) is 20.4. The molecule has 0 atom stereocenters. The van der Waals surface area contributed by atoms with E-state index in [2.05, 4.69) is 0 Å². The molecule has 6 heteroatoms. The van der Waals surface area contributed by atoms with E-state index in [-0.39, 0.29) is 18.4 Å². The number of imide groups is 1. The number of nitrogens with zero attached hydrogens (tertiary/aromatic N) is 1. The van der Waals surface area contributed by atoms with E-state index in [9.17, 15) is 9.59 Å². The molecule has 0 spiro atoms. The number of hydrogen-bond acceptors (Lipinski definition) is 5. The number of hydrogen-bond donors (Lipinski definition) is 1. The Bertz CT molecular complexity index is 867. The van der Waals surface area contributed by atoms with Crippen molar-refractivity contribution in [3.05, 3.63) is 42.8 Å². The molecule has 3 heterocycles. The van der Waals surface area contributed by atoms with Crippen LogP contribution in [-0.4, -0.2) is 35.0 Å². The topological polar surface area (TPSA) is 57.6 Å². The van der Waals surface area contributed by atoms with Crippen LogP contribution in [0.3, 0.4) is 0 Å². The smallest absolute Gasteiger partial charge is 0.262 e. The van der Waals surface area contributed by atoms with Gasteiger partial charge in [0, 0.05) is 43.8 Å². The summed E-state index contributed by atoms with van der Waals surface area (Å²) in [7, 11) is 0. The van der Waals surface area contributed by atoms with Gasteiger partial charge in [-0.2, -0.15) is 0 Å². The number of aliphatic hydroxyl groups is 1. The van der Waals surface area contributed by atoms with E-state index < -0.39 is 0 Å². The second kappa shape index (κ2) is 8.72. The monoisotopic (exact) mass is 417 g/mol. The lowest BCUT2D eigenvalue weighted by Crippen LogP contribution is -2.32. The zero-order valence-electron chi connectivity index (χ0n) is 16.9. The molecule has 1 aliphatic heterocycles. The van der Waals surface area contributed by atoms with Crippen LogP contribution >= 0.6 is 22.7 Å². The number of carbonyl (C=O) groups excluding carboxylic acids is 2. The first-order valence-electron chi connectivity index (χ1n) is 9.71. The molecule has 0 aliphatic carbocycles. The summed E-state index contributed by atoms with van der Waals surface area (Å²) < 4.78 is 0. The molecule has 0 bridgehead atoms. The van der Waals surface area contributed by atoms with Gasteiger partial charge < -0.3 is 5.11 Å². The van der Waals surface area contributed by atoms with Crippen molar-refractivity contribution in [1.29, 1.82) is 0 Å². The maximum atomic E-state index is 13.3. The molecule has 1 N–H and O–H groups in total. The molecule has 2 aromatic heterocycles. The second-order valence-corrected chi connectivity index (χ2v) is 10.2. The summed E-state index contributed by atoms with van der Waals surface area (Å²) in [6, 6.07) is 4.06. The molecule has 0 fully saturated rings. The third kappa shape index (κ3) is 4.00. The van der Waals surface area contributed by atoms with Crippen molar-refractivity contribution in [3.8, 4) is 0 Å². The van der Waals surface area contributed by atoms with Gasteiger partial charge in [-0.3, -0.25) is 14.5 Å². The summed E-state index contributed by atoms with van der Waals surface area (Å²) >= 11 is 3.31. The van der Waals surface area contributed by atoms with Crippen molar-refractivity contribution in [2.24, 2.45) is 0 Å². The first-order chi connectivity index (χ1) is 13.3. The quantitative estimate of drug-likeness (QED) is 0.492. The Morgan fingerprint density at radius 2 is 1.25 bits per heavy atom. The van der Waals surface area contributed by atoms with Crippen LogP contribution in [0.2, 0.25) is 0 Å². The second-order valence-electron chi connectivity index (χ2n) is 7.30. The van der Waals surface area contributed by atoms with Gasteiger partial charge in [-0.15, -0.1) is 22.7 Å². The highest BCUT2D eigenvalue weighted by Gasteiger charge is 2.40. The van der Waals surface area contributed by atoms with Gasteiger partial charge in [-0.1, -0.05) is 12.8 Å². The Hall–Kier alpha value is -1.76. The van der Waals surface area contributed by atoms with Gasteiger partial charge in [0.2, 0.25) is 0 Å². The molecule has 0 aromatic carbocycles. The minimum Gasteiger partial charge on any atom is -0.396 e. The van der Waals surface area contributed by atoms with Gasteiger partial charge in [0.05, 0.1) is 11.1 Å². The van der Waals surface area contributed by atoms with E-state index in [1.165, 1.54) is 4.90 Å². The molecule has 150 valence electrons. The first-order valence-corrected chi connectivity index (χ1v) is 11.3. The fourth-order valence-electron chi connectivity index (χ4n) is 3.77. The predicted molar refractivity (Wildman–Crippen MR) is 117 cm³/mol. The van der Waals surface area contributed by atoms with Crippen LogP contribution in [0.1, 0.15) is 56.3 Å². The molecular weight excluding hydrogens is 390 g/mol. The maximum absolute atomic E-state index is 13.3. The van der Waals surface area contributed by atoms with Crippen LogP contribution in [0.4, 0.5) is 0 Å². The summed E-state index contributed by atoms with van der Waals surface area (Å²) in [5, 5.41) is 8.92. The Labute approximate surface area is 174 Å².